The number of benzene rings is 1. The number of halogens is 1. The van der Waals surface area contributed by atoms with Gasteiger partial charge < -0.3 is 10.5 Å². The van der Waals surface area contributed by atoms with Gasteiger partial charge in [0.1, 0.15) is 0 Å². The van der Waals surface area contributed by atoms with Crippen LogP contribution in [-0.4, -0.2) is 11.5 Å². The van der Waals surface area contributed by atoms with Crippen molar-refractivity contribution in [2.45, 2.75) is 12.5 Å². The molecule has 0 unspecified atom stereocenters. The Labute approximate surface area is 104 Å². The summed E-state index contributed by atoms with van der Waals surface area (Å²) in [5.41, 5.74) is 6.40. The molecule has 1 atom stereocenters. The Balaban J connectivity index is 0.00000144. The Kier molecular flexibility index (Phi) is 3.89. The molecule has 1 aromatic carbocycles. The number of fused-ring (bicyclic) bond motifs is 1. The van der Waals surface area contributed by atoms with E-state index in [4.69, 9.17) is 15.7 Å². The summed E-state index contributed by atoms with van der Waals surface area (Å²) >= 11 is 0. The highest BCUT2D eigenvalue weighted by Gasteiger charge is 2.27. The first-order valence-electron chi connectivity index (χ1n) is 4.74. The molecule has 6 nitrogen and oxygen atoms in total. The van der Waals surface area contributed by atoms with E-state index in [0.29, 0.717) is 18.6 Å². The normalized spacial score (nSPS) is 17.1. The lowest BCUT2D eigenvalue weighted by atomic mass is 9.98. The van der Waals surface area contributed by atoms with Crippen LogP contribution < -0.4 is 10.5 Å². The summed E-state index contributed by atoms with van der Waals surface area (Å²) < 4.78 is 5.25. The highest BCUT2D eigenvalue weighted by atomic mass is 35.5. The third kappa shape index (κ3) is 2.30. The molecule has 1 aliphatic heterocycles. The summed E-state index contributed by atoms with van der Waals surface area (Å²) in [5, 5.41) is 19.6. The van der Waals surface area contributed by atoms with Crippen LogP contribution in [0, 0.1) is 21.4 Å². The van der Waals surface area contributed by atoms with Crippen molar-refractivity contribution < 1.29 is 9.66 Å². The van der Waals surface area contributed by atoms with Crippen LogP contribution in [-0.2, 0) is 0 Å². The van der Waals surface area contributed by atoms with Crippen molar-refractivity contribution in [3.8, 4) is 11.8 Å². The minimum Gasteiger partial charge on any atom is -0.487 e. The Morgan fingerprint density at radius 3 is 2.88 bits per heavy atom. The minimum atomic E-state index is -0.558. The highest BCUT2D eigenvalue weighted by molar-refractivity contribution is 5.85. The minimum absolute atomic E-state index is 0. The molecule has 0 spiro atoms. The molecular formula is C10H10ClN3O3. The van der Waals surface area contributed by atoms with Gasteiger partial charge in [-0.15, -0.1) is 12.4 Å². The van der Waals surface area contributed by atoms with Gasteiger partial charge in [-0.3, -0.25) is 10.1 Å². The zero-order valence-electron chi connectivity index (χ0n) is 8.75. The van der Waals surface area contributed by atoms with Gasteiger partial charge in [-0.05, 0) is 6.07 Å². The molecule has 17 heavy (non-hydrogen) atoms. The molecule has 0 fully saturated rings. The summed E-state index contributed by atoms with van der Waals surface area (Å²) in [5.74, 6) is 0.197. The van der Waals surface area contributed by atoms with E-state index in [1.807, 2.05) is 6.07 Å². The summed E-state index contributed by atoms with van der Waals surface area (Å²) in [4.78, 5) is 10.3. The Morgan fingerprint density at radius 2 is 2.29 bits per heavy atom. The maximum Gasteiger partial charge on any atom is 0.312 e. The third-order valence-corrected chi connectivity index (χ3v) is 2.50. The van der Waals surface area contributed by atoms with Gasteiger partial charge in [0.05, 0.1) is 23.2 Å². The van der Waals surface area contributed by atoms with Crippen molar-refractivity contribution in [2.75, 3.05) is 6.61 Å². The number of hydrogen-bond acceptors (Lipinski definition) is 5. The molecule has 1 aromatic rings. The predicted octanol–water partition coefficient (Wildman–Crippen LogP) is 1.67. The molecule has 90 valence electrons. The number of nitrogens with two attached hydrogens (primary N) is 1. The van der Waals surface area contributed by atoms with E-state index in [0.717, 1.165) is 0 Å². The predicted molar refractivity (Wildman–Crippen MR) is 62.1 cm³/mol. The SMILES string of the molecule is Cl.N#Cc1cc2c(c([N+](=O)[O-])c1)OCC[C@H]2N. The van der Waals surface area contributed by atoms with Crippen LogP contribution in [0.2, 0.25) is 0 Å². The van der Waals surface area contributed by atoms with Gasteiger partial charge in [0.15, 0.2) is 0 Å². The van der Waals surface area contributed by atoms with Crippen LogP contribution in [0.25, 0.3) is 0 Å². The first-order chi connectivity index (χ1) is 7.63. The maximum atomic E-state index is 10.8. The van der Waals surface area contributed by atoms with Gasteiger partial charge in [-0.1, -0.05) is 0 Å². The molecule has 0 saturated heterocycles. The van der Waals surface area contributed by atoms with Crippen LogP contribution in [0.1, 0.15) is 23.6 Å². The quantitative estimate of drug-likeness (QED) is 0.607. The molecule has 7 heteroatoms. The van der Waals surface area contributed by atoms with Gasteiger partial charge in [-0.2, -0.15) is 5.26 Å². The van der Waals surface area contributed by atoms with Gasteiger partial charge in [-0.25, -0.2) is 0 Å². The zero-order chi connectivity index (χ0) is 11.7. The monoisotopic (exact) mass is 255 g/mol. The van der Waals surface area contributed by atoms with Crippen LogP contribution in [0.15, 0.2) is 12.1 Å². The molecule has 0 amide bonds. The van der Waals surface area contributed by atoms with Gasteiger partial charge in [0, 0.05) is 24.1 Å². The number of nitriles is 1. The fourth-order valence-corrected chi connectivity index (χ4v) is 1.71. The Morgan fingerprint density at radius 1 is 1.59 bits per heavy atom. The van der Waals surface area contributed by atoms with Gasteiger partial charge in [0.2, 0.25) is 5.75 Å². The Bertz CT molecular complexity index is 498. The number of rotatable bonds is 1. The van der Waals surface area contributed by atoms with Crippen LogP contribution in [0.4, 0.5) is 5.69 Å². The topological polar surface area (TPSA) is 102 Å². The van der Waals surface area contributed by atoms with Crippen LogP contribution >= 0.6 is 12.4 Å². The molecule has 0 bridgehead atoms. The van der Waals surface area contributed by atoms with E-state index < -0.39 is 4.92 Å². The third-order valence-electron chi connectivity index (χ3n) is 2.50. The number of nitrogens with zero attached hydrogens (tertiary/aromatic N) is 2. The van der Waals surface area contributed by atoms with E-state index >= 15 is 0 Å². The molecule has 0 aliphatic carbocycles. The lowest BCUT2D eigenvalue weighted by Gasteiger charge is -2.22. The van der Waals surface area contributed by atoms with Crippen LogP contribution in [0.3, 0.4) is 0 Å². The fraction of sp³-hybridized carbons (Fsp3) is 0.300. The van der Waals surface area contributed by atoms with Gasteiger partial charge >= 0.3 is 5.69 Å². The standard InChI is InChI=1S/C10H9N3O3.ClH/c11-5-6-3-7-8(12)1-2-16-10(7)9(4-6)13(14)15;/h3-4,8H,1-2,12H2;1H/t8-;/m1./s1. The summed E-state index contributed by atoms with van der Waals surface area (Å²) in [6, 6.07) is 4.32. The maximum absolute atomic E-state index is 10.8. The molecular weight excluding hydrogens is 246 g/mol. The first kappa shape index (κ1) is 13.2. The van der Waals surface area contributed by atoms with Gasteiger partial charge in [0.25, 0.3) is 0 Å². The largest absolute Gasteiger partial charge is 0.487 e. The number of ether oxygens (including phenoxy) is 1. The summed E-state index contributed by atoms with van der Waals surface area (Å²) in [7, 11) is 0. The van der Waals surface area contributed by atoms with Crippen molar-refractivity contribution in [3.05, 3.63) is 33.4 Å². The van der Waals surface area contributed by atoms with E-state index in [-0.39, 0.29) is 35.4 Å². The molecule has 1 aliphatic rings. The van der Waals surface area contributed by atoms with Crippen molar-refractivity contribution in [1.82, 2.24) is 0 Å². The zero-order valence-corrected chi connectivity index (χ0v) is 9.57. The first-order valence-corrected chi connectivity index (χ1v) is 4.74. The van der Waals surface area contributed by atoms with Crippen molar-refractivity contribution in [3.63, 3.8) is 0 Å². The fourth-order valence-electron chi connectivity index (χ4n) is 1.71. The number of nitro benzene ring substituents is 1. The molecule has 2 N–H and O–H groups in total. The molecule has 0 saturated carbocycles. The second-order valence-corrected chi connectivity index (χ2v) is 3.53. The lowest BCUT2D eigenvalue weighted by molar-refractivity contribution is -0.386. The van der Waals surface area contributed by atoms with E-state index in [9.17, 15) is 10.1 Å². The van der Waals surface area contributed by atoms with Crippen molar-refractivity contribution in [2.24, 2.45) is 5.73 Å². The lowest BCUT2D eigenvalue weighted by Crippen LogP contribution is -2.21. The van der Waals surface area contributed by atoms with E-state index in [2.05, 4.69) is 0 Å². The molecule has 2 rings (SSSR count). The molecule has 0 radical (unpaired) electrons. The molecule has 0 aromatic heterocycles. The average molecular weight is 256 g/mol. The van der Waals surface area contributed by atoms with Crippen molar-refractivity contribution in [1.29, 1.82) is 5.26 Å². The second kappa shape index (κ2) is 4.99. The number of nitro groups is 1. The van der Waals surface area contributed by atoms with E-state index in [1.54, 1.807) is 6.07 Å². The highest BCUT2D eigenvalue weighted by Crippen LogP contribution is 2.39. The summed E-state index contributed by atoms with van der Waals surface area (Å²) in [6.07, 6.45) is 0.596. The second-order valence-electron chi connectivity index (χ2n) is 3.53. The van der Waals surface area contributed by atoms with Crippen LogP contribution in [0.5, 0.6) is 5.75 Å². The van der Waals surface area contributed by atoms with E-state index in [1.165, 1.54) is 6.07 Å². The Hall–Kier alpha value is -1.84. The molecule has 1 heterocycles. The summed E-state index contributed by atoms with van der Waals surface area (Å²) in [6.45, 7) is 0.362. The number of hydrogen-bond donors (Lipinski definition) is 1. The average Bonchev–Trinajstić information content (AvgIpc) is 2.28. The smallest absolute Gasteiger partial charge is 0.312 e. The van der Waals surface area contributed by atoms with Crippen molar-refractivity contribution >= 4 is 18.1 Å².